The summed E-state index contributed by atoms with van der Waals surface area (Å²) in [7, 11) is 0. The highest BCUT2D eigenvalue weighted by atomic mass is 16.3. The molecule has 4 heteroatoms. The van der Waals surface area contributed by atoms with Gasteiger partial charge in [0.15, 0.2) is 0 Å². The molecule has 0 aromatic heterocycles. The standard InChI is InChI=1S/C10H20N2O2/c1-9(14)12-6-2-4-10(8-12)11-5-3-7-13/h10-11,13H,2-8H2,1H3. The van der Waals surface area contributed by atoms with Crippen LogP contribution in [0.25, 0.3) is 0 Å². The Hall–Kier alpha value is -0.610. The first-order valence-corrected chi connectivity index (χ1v) is 5.34. The summed E-state index contributed by atoms with van der Waals surface area (Å²) in [6.45, 7) is 4.41. The Kier molecular flexibility index (Phi) is 4.90. The maximum atomic E-state index is 11.1. The predicted octanol–water partition coefficient (Wildman–Crippen LogP) is -0.0307. The van der Waals surface area contributed by atoms with Crippen LogP contribution >= 0.6 is 0 Å². The summed E-state index contributed by atoms with van der Waals surface area (Å²) >= 11 is 0. The Morgan fingerprint density at radius 2 is 2.43 bits per heavy atom. The molecule has 0 radical (unpaired) electrons. The molecule has 1 fully saturated rings. The molecular weight excluding hydrogens is 180 g/mol. The Balaban J connectivity index is 2.22. The molecule has 1 amide bonds. The van der Waals surface area contributed by atoms with Gasteiger partial charge in [-0.3, -0.25) is 4.79 Å². The van der Waals surface area contributed by atoms with Gasteiger partial charge in [-0.15, -0.1) is 0 Å². The van der Waals surface area contributed by atoms with Crippen molar-refractivity contribution in [3.8, 4) is 0 Å². The quantitative estimate of drug-likeness (QED) is 0.627. The smallest absolute Gasteiger partial charge is 0.219 e. The number of rotatable bonds is 4. The molecule has 1 rings (SSSR count). The highest BCUT2D eigenvalue weighted by Gasteiger charge is 2.20. The molecule has 14 heavy (non-hydrogen) atoms. The van der Waals surface area contributed by atoms with Crippen molar-refractivity contribution in [1.82, 2.24) is 10.2 Å². The zero-order chi connectivity index (χ0) is 10.4. The number of carbonyl (C=O) groups is 1. The van der Waals surface area contributed by atoms with E-state index >= 15 is 0 Å². The zero-order valence-corrected chi connectivity index (χ0v) is 8.83. The lowest BCUT2D eigenvalue weighted by atomic mass is 10.1. The van der Waals surface area contributed by atoms with Crippen LogP contribution in [0.5, 0.6) is 0 Å². The second kappa shape index (κ2) is 5.98. The van der Waals surface area contributed by atoms with Crippen molar-refractivity contribution in [2.75, 3.05) is 26.2 Å². The van der Waals surface area contributed by atoms with E-state index in [1.165, 1.54) is 0 Å². The fourth-order valence-corrected chi connectivity index (χ4v) is 1.82. The van der Waals surface area contributed by atoms with Crippen molar-refractivity contribution in [3.05, 3.63) is 0 Å². The Bertz CT molecular complexity index is 185. The highest BCUT2D eigenvalue weighted by Crippen LogP contribution is 2.09. The third-order valence-corrected chi connectivity index (χ3v) is 2.63. The minimum absolute atomic E-state index is 0.165. The molecule has 82 valence electrons. The lowest BCUT2D eigenvalue weighted by molar-refractivity contribution is -0.130. The normalized spacial score (nSPS) is 22.4. The number of amides is 1. The van der Waals surface area contributed by atoms with Gasteiger partial charge in [-0.05, 0) is 25.8 Å². The van der Waals surface area contributed by atoms with E-state index in [-0.39, 0.29) is 12.5 Å². The summed E-state index contributed by atoms with van der Waals surface area (Å²) in [4.78, 5) is 13.0. The first-order valence-electron chi connectivity index (χ1n) is 5.34. The van der Waals surface area contributed by atoms with Crippen LogP contribution in [0.2, 0.25) is 0 Å². The molecule has 2 N–H and O–H groups in total. The monoisotopic (exact) mass is 200 g/mol. The zero-order valence-electron chi connectivity index (χ0n) is 8.83. The lowest BCUT2D eigenvalue weighted by Crippen LogP contribution is -2.47. The number of hydrogen-bond acceptors (Lipinski definition) is 3. The molecule has 0 aromatic rings. The summed E-state index contributed by atoms with van der Waals surface area (Å²) < 4.78 is 0. The fourth-order valence-electron chi connectivity index (χ4n) is 1.82. The van der Waals surface area contributed by atoms with Crippen molar-refractivity contribution >= 4 is 5.91 Å². The molecular formula is C10H20N2O2. The summed E-state index contributed by atoms with van der Waals surface area (Å²) in [5.41, 5.74) is 0. The summed E-state index contributed by atoms with van der Waals surface area (Å²) in [5, 5.41) is 12.0. The molecule has 4 nitrogen and oxygen atoms in total. The number of nitrogens with one attached hydrogen (secondary N) is 1. The van der Waals surface area contributed by atoms with Crippen LogP contribution in [0.15, 0.2) is 0 Å². The molecule has 1 heterocycles. The van der Waals surface area contributed by atoms with Crippen LogP contribution in [0.4, 0.5) is 0 Å². The maximum Gasteiger partial charge on any atom is 0.219 e. The molecule has 0 spiro atoms. The van der Waals surface area contributed by atoms with Crippen molar-refractivity contribution < 1.29 is 9.90 Å². The third kappa shape index (κ3) is 3.64. The maximum absolute atomic E-state index is 11.1. The molecule has 0 saturated carbocycles. The Labute approximate surface area is 85.3 Å². The number of nitrogens with zero attached hydrogens (tertiary/aromatic N) is 1. The molecule has 0 aromatic carbocycles. The van der Waals surface area contributed by atoms with Crippen molar-refractivity contribution in [2.24, 2.45) is 0 Å². The molecule has 0 aliphatic carbocycles. The number of hydrogen-bond donors (Lipinski definition) is 2. The Morgan fingerprint density at radius 1 is 1.64 bits per heavy atom. The van der Waals surface area contributed by atoms with Gasteiger partial charge in [-0.25, -0.2) is 0 Å². The van der Waals surface area contributed by atoms with Gasteiger partial charge in [-0.1, -0.05) is 0 Å². The van der Waals surface area contributed by atoms with E-state index in [9.17, 15) is 4.79 Å². The Morgan fingerprint density at radius 3 is 3.07 bits per heavy atom. The lowest BCUT2D eigenvalue weighted by Gasteiger charge is -2.32. The minimum Gasteiger partial charge on any atom is -0.396 e. The number of aliphatic hydroxyl groups excluding tert-OH is 1. The fraction of sp³-hybridized carbons (Fsp3) is 0.900. The average molecular weight is 200 g/mol. The van der Waals surface area contributed by atoms with Crippen LogP contribution in [0.1, 0.15) is 26.2 Å². The van der Waals surface area contributed by atoms with E-state index in [4.69, 9.17) is 5.11 Å². The first-order chi connectivity index (χ1) is 6.74. The van der Waals surface area contributed by atoms with E-state index < -0.39 is 0 Å². The van der Waals surface area contributed by atoms with E-state index in [0.717, 1.165) is 38.9 Å². The summed E-state index contributed by atoms with van der Waals surface area (Å²) in [5.74, 6) is 0.165. The van der Waals surface area contributed by atoms with Crippen molar-refractivity contribution in [3.63, 3.8) is 0 Å². The molecule has 1 unspecified atom stereocenters. The second-order valence-electron chi connectivity index (χ2n) is 3.84. The van der Waals surface area contributed by atoms with Gasteiger partial charge in [0.25, 0.3) is 0 Å². The van der Waals surface area contributed by atoms with E-state index in [1.807, 2.05) is 4.90 Å². The average Bonchev–Trinajstić information content (AvgIpc) is 2.19. The SMILES string of the molecule is CC(=O)N1CCCC(NCCCO)C1. The highest BCUT2D eigenvalue weighted by molar-refractivity contribution is 5.73. The van der Waals surface area contributed by atoms with E-state index in [0.29, 0.717) is 6.04 Å². The number of likely N-dealkylation sites (tertiary alicyclic amines) is 1. The summed E-state index contributed by atoms with van der Waals surface area (Å²) in [6, 6.07) is 0.416. The van der Waals surface area contributed by atoms with Crippen molar-refractivity contribution in [1.29, 1.82) is 0 Å². The molecule has 1 saturated heterocycles. The van der Waals surface area contributed by atoms with Gasteiger partial charge in [0.1, 0.15) is 0 Å². The summed E-state index contributed by atoms with van der Waals surface area (Å²) in [6.07, 6.45) is 3.00. The minimum atomic E-state index is 0.165. The van der Waals surface area contributed by atoms with Gasteiger partial charge >= 0.3 is 0 Å². The topological polar surface area (TPSA) is 52.6 Å². The third-order valence-electron chi connectivity index (χ3n) is 2.63. The van der Waals surface area contributed by atoms with Crippen LogP contribution in [0, 0.1) is 0 Å². The number of aliphatic hydroxyl groups is 1. The van der Waals surface area contributed by atoms with Gasteiger partial charge in [0.2, 0.25) is 5.91 Å². The predicted molar refractivity (Wildman–Crippen MR) is 55.0 cm³/mol. The largest absolute Gasteiger partial charge is 0.396 e. The second-order valence-corrected chi connectivity index (χ2v) is 3.84. The number of piperidine rings is 1. The molecule has 0 bridgehead atoms. The number of carbonyl (C=O) groups excluding carboxylic acids is 1. The van der Waals surface area contributed by atoms with Gasteiger partial charge < -0.3 is 15.3 Å². The molecule has 1 atom stereocenters. The molecule has 1 aliphatic rings. The van der Waals surface area contributed by atoms with E-state index in [2.05, 4.69) is 5.32 Å². The van der Waals surface area contributed by atoms with Gasteiger partial charge in [0, 0.05) is 32.7 Å². The van der Waals surface area contributed by atoms with Gasteiger partial charge in [0.05, 0.1) is 0 Å². The van der Waals surface area contributed by atoms with Crippen molar-refractivity contribution in [2.45, 2.75) is 32.2 Å². The first kappa shape index (κ1) is 11.5. The van der Waals surface area contributed by atoms with Crippen LogP contribution in [0.3, 0.4) is 0 Å². The van der Waals surface area contributed by atoms with E-state index in [1.54, 1.807) is 6.92 Å². The van der Waals surface area contributed by atoms with Crippen LogP contribution in [-0.2, 0) is 4.79 Å². The van der Waals surface area contributed by atoms with Crippen LogP contribution in [-0.4, -0.2) is 48.2 Å². The molecule has 1 aliphatic heterocycles. The van der Waals surface area contributed by atoms with Crippen LogP contribution < -0.4 is 5.32 Å². The van der Waals surface area contributed by atoms with Gasteiger partial charge in [-0.2, -0.15) is 0 Å².